The third-order valence-electron chi connectivity index (χ3n) is 3.25. The zero-order valence-electron chi connectivity index (χ0n) is 12.3. The van der Waals surface area contributed by atoms with Gasteiger partial charge in [-0.3, -0.25) is 10.1 Å². The van der Waals surface area contributed by atoms with Crippen molar-refractivity contribution in [2.45, 2.75) is 24.3 Å². The number of nitrogens with zero attached hydrogens (tertiary/aromatic N) is 1. The summed E-state index contributed by atoms with van der Waals surface area (Å²) in [5, 5.41) is 20.6. The van der Waals surface area contributed by atoms with Crippen LogP contribution in [0.1, 0.15) is 23.8 Å². The molecule has 0 saturated carbocycles. The average Bonchev–Trinajstić information content (AvgIpc) is 3.01. The summed E-state index contributed by atoms with van der Waals surface area (Å²) in [6.07, 6.45) is 0.592. The van der Waals surface area contributed by atoms with E-state index in [0.717, 1.165) is 6.07 Å². The second-order valence-electron chi connectivity index (χ2n) is 4.92. The Kier molecular flexibility index (Phi) is 5.14. The van der Waals surface area contributed by atoms with Crippen LogP contribution in [0.4, 0.5) is 5.69 Å². The van der Waals surface area contributed by atoms with Crippen LogP contribution >= 0.6 is 0 Å². The second-order valence-corrected chi connectivity index (χ2v) is 6.66. The summed E-state index contributed by atoms with van der Waals surface area (Å²) >= 11 is 0. The Morgan fingerprint density at radius 1 is 1.39 bits per heavy atom. The van der Waals surface area contributed by atoms with E-state index < -0.39 is 21.1 Å². The fourth-order valence-corrected chi connectivity index (χ4v) is 3.33. The fraction of sp³-hybridized carbons (Fsp3) is 0.286. The maximum Gasteiger partial charge on any atom is 0.270 e. The SMILES string of the molecule is Cc1ccc([N+](=O)[O-])cc1S(=O)(=O)NCCC(O)c1ccco1. The van der Waals surface area contributed by atoms with E-state index in [1.807, 2.05) is 0 Å². The lowest BCUT2D eigenvalue weighted by Gasteiger charge is -2.11. The molecule has 0 aliphatic heterocycles. The van der Waals surface area contributed by atoms with Crippen LogP contribution in [0.2, 0.25) is 0 Å². The molecular weight excluding hydrogens is 324 g/mol. The van der Waals surface area contributed by atoms with E-state index in [0.29, 0.717) is 11.3 Å². The van der Waals surface area contributed by atoms with Crippen LogP contribution in [0.3, 0.4) is 0 Å². The van der Waals surface area contributed by atoms with Crippen molar-refractivity contribution >= 4 is 15.7 Å². The van der Waals surface area contributed by atoms with E-state index in [-0.39, 0.29) is 23.5 Å². The van der Waals surface area contributed by atoms with Crippen LogP contribution < -0.4 is 4.72 Å². The monoisotopic (exact) mass is 340 g/mol. The molecule has 2 rings (SSSR count). The van der Waals surface area contributed by atoms with Crippen LogP contribution in [-0.4, -0.2) is 25.0 Å². The van der Waals surface area contributed by atoms with Gasteiger partial charge in [-0.15, -0.1) is 0 Å². The van der Waals surface area contributed by atoms with Crippen LogP contribution in [0, 0.1) is 17.0 Å². The number of nitrogens with one attached hydrogen (secondary N) is 1. The number of aliphatic hydroxyl groups excluding tert-OH is 1. The minimum atomic E-state index is -3.91. The number of hydrogen-bond donors (Lipinski definition) is 2. The van der Waals surface area contributed by atoms with Crippen molar-refractivity contribution in [2.75, 3.05) is 6.54 Å². The van der Waals surface area contributed by atoms with Gasteiger partial charge in [-0.05, 0) is 31.0 Å². The summed E-state index contributed by atoms with van der Waals surface area (Å²) in [6.45, 7) is 1.52. The summed E-state index contributed by atoms with van der Waals surface area (Å²) in [6, 6.07) is 6.85. The summed E-state index contributed by atoms with van der Waals surface area (Å²) in [5.74, 6) is 0.343. The number of non-ortho nitro benzene ring substituents is 1. The minimum absolute atomic E-state index is 0.0354. The number of nitro benzene ring substituents is 1. The third kappa shape index (κ3) is 4.15. The molecule has 1 aromatic heterocycles. The highest BCUT2D eigenvalue weighted by Gasteiger charge is 2.21. The van der Waals surface area contributed by atoms with Gasteiger partial charge in [0.25, 0.3) is 5.69 Å². The Labute approximate surface area is 133 Å². The number of nitro groups is 1. The Bertz CT molecular complexity index is 786. The van der Waals surface area contributed by atoms with Crippen molar-refractivity contribution in [1.29, 1.82) is 0 Å². The van der Waals surface area contributed by atoms with Gasteiger partial charge in [-0.2, -0.15) is 0 Å². The predicted octanol–water partition coefficient (Wildman–Crippen LogP) is 1.90. The van der Waals surface area contributed by atoms with Gasteiger partial charge in [0.05, 0.1) is 16.1 Å². The molecule has 0 spiro atoms. The van der Waals surface area contributed by atoms with E-state index in [1.54, 1.807) is 19.1 Å². The first-order chi connectivity index (χ1) is 10.8. The number of sulfonamides is 1. The van der Waals surface area contributed by atoms with E-state index >= 15 is 0 Å². The first-order valence-electron chi connectivity index (χ1n) is 6.77. The number of aliphatic hydroxyl groups is 1. The minimum Gasteiger partial charge on any atom is -0.467 e. The zero-order valence-corrected chi connectivity index (χ0v) is 13.1. The van der Waals surface area contributed by atoms with Gasteiger partial charge in [0, 0.05) is 18.7 Å². The van der Waals surface area contributed by atoms with Gasteiger partial charge < -0.3 is 9.52 Å². The Hall–Kier alpha value is -2.23. The second kappa shape index (κ2) is 6.90. The van der Waals surface area contributed by atoms with Crippen LogP contribution in [-0.2, 0) is 10.0 Å². The van der Waals surface area contributed by atoms with Gasteiger partial charge in [0.15, 0.2) is 0 Å². The lowest BCUT2D eigenvalue weighted by atomic mass is 10.2. The number of hydrogen-bond acceptors (Lipinski definition) is 6. The highest BCUT2D eigenvalue weighted by atomic mass is 32.2. The highest BCUT2D eigenvalue weighted by molar-refractivity contribution is 7.89. The normalized spacial score (nSPS) is 13.0. The van der Waals surface area contributed by atoms with Gasteiger partial charge in [0.2, 0.25) is 10.0 Å². The quantitative estimate of drug-likeness (QED) is 0.586. The molecule has 1 unspecified atom stereocenters. The molecule has 2 aromatic rings. The van der Waals surface area contributed by atoms with Crippen LogP contribution in [0.15, 0.2) is 45.9 Å². The smallest absolute Gasteiger partial charge is 0.270 e. The highest BCUT2D eigenvalue weighted by Crippen LogP contribution is 2.22. The third-order valence-corrected chi connectivity index (χ3v) is 4.86. The molecule has 23 heavy (non-hydrogen) atoms. The average molecular weight is 340 g/mol. The maximum absolute atomic E-state index is 12.3. The first kappa shape index (κ1) is 17.1. The molecule has 0 bridgehead atoms. The molecule has 0 saturated heterocycles. The molecule has 2 N–H and O–H groups in total. The molecule has 0 radical (unpaired) electrons. The van der Waals surface area contributed by atoms with Crippen molar-refractivity contribution < 1.29 is 22.9 Å². The predicted molar refractivity (Wildman–Crippen MR) is 81.3 cm³/mol. The Morgan fingerprint density at radius 2 is 2.13 bits per heavy atom. The van der Waals surface area contributed by atoms with Gasteiger partial charge in [-0.25, -0.2) is 13.1 Å². The lowest BCUT2D eigenvalue weighted by Crippen LogP contribution is -2.26. The Balaban J connectivity index is 2.07. The summed E-state index contributed by atoms with van der Waals surface area (Å²) < 4.78 is 31.9. The molecule has 0 aliphatic rings. The van der Waals surface area contributed by atoms with Crippen LogP contribution in [0.25, 0.3) is 0 Å². The van der Waals surface area contributed by atoms with Crippen molar-refractivity contribution in [3.8, 4) is 0 Å². The lowest BCUT2D eigenvalue weighted by molar-refractivity contribution is -0.385. The molecule has 1 atom stereocenters. The van der Waals surface area contributed by atoms with Crippen molar-refractivity contribution in [2.24, 2.45) is 0 Å². The van der Waals surface area contributed by atoms with Gasteiger partial charge in [-0.1, -0.05) is 6.07 Å². The van der Waals surface area contributed by atoms with E-state index in [2.05, 4.69) is 4.72 Å². The molecule has 8 nitrogen and oxygen atoms in total. The molecular formula is C14H16N2O6S. The standard InChI is InChI=1S/C14H16N2O6S/c1-10-4-5-11(16(18)19)9-14(10)23(20,21)15-7-6-12(17)13-3-2-8-22-13/h2-5,8-9,12,15,17H,6-7H2,1H3. The Morgan fingerprint density at radius 3 is 2.74 bits per heavy atom. The van der Waals surface area contributed by atoms with Crippen LogP contribution in [0.5, 0.6) is 0 Å². The number of benzene rings is 1. The molecule has 0 aliphatic carbocycles. The van der Waals surface area contributed by atoms with Crippen molar-refractivity contribution in [1.82, 2.24) is 4.72 Å². The number of rotatable bonds is 7. The molecule has 124 valence electrons. The zero-order chi connectivity index (χ0) is 17.0. The maximum atomic E-state index is 12.3. The largest absolute Gasteiger partial charge is 0.467 e. The summed E-state index contributed by atoms with van der Waals surface area (Å²) in [7, 11) is -3.91. The fourth-order valence-electron chi connectivity index (χ4n) is 2.02. The van der Waals surface area contributed by atoms with E-state index in [4.69, 9.17) is 4.42 Å². The van der Waals surface area contributed by atoms with Crippen molar-refractivity contribution in [3.63, 3.8) is 0 Å². The van der Waals surface area contributed by atoms with Gasteiger partial charge in [0.1, 0.15) is 11.9 Å². The molecule has 0 amide bonds. The van der Waals surface area contributed by atoms with E-state index in [1.165, 1.54) is 18.4 Å². The molecule has 1 aromatic carbocycles. The number of aryl methyl sites for hydroxylation is 1. The van der Waals surface area contributed by atoms with E-state index in [9.17, 15) is 23.6 Å². The summed E-state index contributed by atoms with van der Waals surface area (Å²) in [4.78, 5) is 9.97. The molecule has 0 fully saturated rings. The first-order valence-corrected chi connectivity index (χ1v) is 8.26. The molecule has 9 heteroatoms. The topological polar surface area (TPSA) is 123 Å². The molecule has 1 heterocycles. The number of furan rings is 1. The van der Waals surface area contributed by atoms with Gasteiger partial charge >= 0.3 is 0 Å². The van der Waals surface area contributed by atoms with Crippen molar-refractivity contribution in [3.05, 3.63) is 58.0 Å². The summed E-state index contributed by atoms with van der Waals surface area (Å²) in [5.41, 5.74) is 0.0984.